The van der Waals surface area contributed by atoms with Crippen molar-refractivity contribution in [2.45, 2.75) is 12.5 Å². The molecular weight excluding hydrogens is 246 g/mol. The third kappa shape index (κ3) is 2.83. The van der Waals surface area contributed by atoms with Crippen LogP contribution in [0.1, 0.15) is 12.0 Å². The molecule has 0 spiro atoms. The summed E-state index contributed by atoms with van der Waals surface area (Å²) in [5.74, 6) is -1.36. The zero-order valence-electron chi connectivity index (χ0n) is 10.2. The second-order valence-corrected chi connectivity index (χ2v) is 4.28. The van der Waals surface area contributed by atoms with Crippen molar-refractivity contribution in [3.63, 3.8) is 0 Å². The predicted molar refractivity (Wildman–Crippen MR) is 67.6 cm³/mol. The Bertz CT molecular complexity index is 550. The van der Waals surface area contributed by atoms with Gasteiger partial charge in [-0.3, -0.25) is 4.79 Å². The summed E-state index contributed by atoms with van der Waals surface area (Å²) < 4.78 is 0. The van der Waals surface area contributed by atoms with E-state index in [9.17, 15) is 9.59 Å². The first-order valence-electron chi connectivity index (χ1n) is 5.88. The Labute approximate surface area is 110 Å². The molecule has 6 nitrogen and oxygen atoms in total. The first kappa shape index (κ1) is 12.9. The Hall–Kier alpha value is -2.55. The first-order chi connectivity index (χ1) is 9.11. The number of rotatable bonds is 2. The van der Waals surface area contributed by atoms with Gasteiger partial charge in [0, 0.05) is 19.5 Å². The maximum atomic E-state index is 11.5. The van der Waals surface area contributed by atoms with Crippen LogP contribution in [0, 0.1) is 11.3 Å². The fourth-order valence-corrected chi connectivity index (χ4v) is 2.06. The number of aliphatic carboxylic acids is 1. The topological polar surface area (TPSA) is 93.4 Å². The summed E-state index contributed by atoms with van der Waals surface area (Å²) >= 11 is 0. The first-order valence-corrected chi connectivity index (χ1v) is 5.88. The predicted octanol–water partition coefficient (Wildman–Crippen LogP) is 0.338. The van der Waals surface area contributed by atoms with E-state index in [2.05, 4.69) is 11.4 Å². The number of benzene rings is 1. The van der Waals surface area contributed by atoms with E-state index in [1.807, 2.05) is 0 Å². The number of hydrogen-bond acceptors (Lipinski definition) is 4. The largest absolute Gasteiger partial charge is 0.480 e. The van der Waals surface area contributed by atoms with Gasteiger partial charge < -0.3 is 15.3 Å². The molecule has 6 heteroatoms. The highest BCUT2D eigenvalue weighted by atomic mass is 16.4. The zero-order chi connectivity index (χ0) is 13.8. The lowest BCUT2D eigenvalue weighted by atomic mass is 10.1. The second-order valence-electron chi connectivity index (χ2n) is 4.28. The van der Waals surface area contributed by atoms with Gasteiger partial charge in [-0.15, -0.1) is 0 Å². The number of carboxylic acids is 1. The van der Waals surface area contributed by atoms with E-state index >= 15 is 0 Å². The number of hydrogen-bond donors (Lipinski definition) is 2. The molecule has 1 heterocycles. The summed E-state index contributed by atoms with van der Waals surface area (Å²) in [7, 11) is 0. The number of carbonyl (C=O) groups is 2. The van der Waals surface area contributed by atoms with Crippen LogP contribution in [0.25, 0.3) is 0 Å². The number of nitriles is 1. The number of carboxylic acid groups (broad SMARTS) is 1. The van der Waals surface area contributed by atoms with Crippen molar-refractivity contribution in [3.8, 4) is 6.07 Å². The van der Waals surface area contributed by atoms with Gasteiger partial charge in [0.2, 0.25) is 5.91 Å². The van der Waals surface area contributed by atoms with Gasteiger partial charge in [-0.1, -0.05) is 12.1 Å². The fraction of sp³-hybridized carbons (Fsp3) is 0.308. The van der Waals surface area contributed by atoms with E-state index in [-0.39, 0.29) is 18.9 Å². The van der Waals surface area contributed by atoms with Gasteiger partial charge in [0.1, 0.15) is 12.1 Å². The second kappa shape index (κ2) is 5.40. The number of para-hydroxylation sites is 1. The average molecular weight is 259 g/mol. The summed E-state index contributed by atoms with van der Waals surface area (Å²) in [5.41, 5.74) is 1.13. The Morgan fingerprint density at radius 3 is 2.89 bits per heavy atom. The number of anilines is 1. The smallest absolute Gasteiger partial charge is 0.328 e. The molecule has 0 aromatic heterocycles. The van der Waals surface area contributed by atoms with E-state index in [0.29, 0.717) is 17.8 Å². The summed E-state index contributed by atoms with van der Waals surface area (Å²) in [6.07, 6.45) is 0.212. The van der Waals surface area contributed by atoms with Crippen molar-refractivity contribution in [1.29, 1.82) is 5.26 Å². The quantitative estimate of drug-likeness (QED) is 0.798. The molecule has 1 fully saturated rings. The lowest BCUT2D eigenvalue weighted by Crippen LogP contribution is -2.45. The van der Waals surface area contributed by atoms with Gasteiger partial charge in [0.15, 0.2) is 0 Å². The maximum Gasteiger partial charge on any atom is 0.328 e. The fourth-order valence-electron chi connectivity index (χ4n) is 2.06. The molecule has 1 aliphatic heterocycles. The summed E-state index contributed by atoms with van der Waals surface area (Å²) in [6.45, 7) is 0.550. The molecule has 1 aromatic rings. The van der Waals surface area contributed by atoms with Crippen LogP contribution in [-0.4, -0.2) is 36.1 Å². The minimum absolute atomic E-state index is 0.153. The monoisotopic (exact) mass is 259 g/mol. The SMILES string of the molecule is N#Cc1ccccc1N1CCC(=O)NC(C(=O)O)C1. The highest BCUT2D eigenvalue weighted by Gasteiger charge is 2.27. The molecule has 2 rings (SSSR count). The average Bonchev–Trinajstić information content (AvgIpc) is 2.61. The standard InChI is InChI=1S/C13H13N3O3/c14-7-9-3-1-2-4-11(9)16-6-5-12(17)15-10(8-16)13(18)19/h1-4,10H,5-6,8H2,(H,15,17)(H,18,19). The van der Waals surface area contributed by atoms with Crippen LogP contribution in [0.4, 0.5) is 5.69 Å². The number of nitrogens with zero attached hydrogens (tertiary/aromatic N) is 2. The summed E-state index contributed by atoms with van der Waals surface area (Å²) in [5, 5.41) is 20.6. The van der Waals surface area contributed by atoms with Crippen LogP contribution in [0.2, 0.25) is 0 Å². The van der Waals surface area contributed by atoms with Crippen molar-refractivity contribution < 1.29 is 14.7 Å². The molecule has 1 aliphatic rings. The van der Waals surface area contributed by atoms with E-state index in [4.69, 9.17) is 10.4 Å². The van der Waals surface area contributed by atoms with Crippen molar-refractivity contribution in [3.05, 3.63) is 29.8 Å². The summed E-state index contributed by atoms with van der Waals surface area (Å²) in [6, 6.07) is 8.08. The lowest BCUT2D eigenvalue weighted by Gasteiger charge is -2.25. The molecule has 98 valence electrons. The highest BCUT2D eigenvalue weighted by Crippen LogP contribution is 2.21. The van der Waals surface area contributed by atoms with Gasteiger partial charge >= 0.3 is 5.97 Å². The molecule has 0 aliphatic carbocycles. The van der Waals surface area contributed by atoms with E-state index in [1.54, 1.807) is 29.2 Å². The molecule has 19 heavy (non-hydrogen) atoms. The Kier molecular flexibility index (Phi) is 3.66. The summed E-state index contributed by atoms with van der Waals surface area (Å²) in [4.78, 5) is 24.3. The van der Waals surface area contributed by atoms with E-state index < -0.39 is 12.0 Å². The molecule has 0 saturated carbocycles. The van der Waals surface area contributed by atoms with Gasteiger partial charge in [-0.2, -0.15) is 5.26 Å². The number of carbonyl (C=O) groups excluding carboxylic acids is 1. The third-order valence-electron chi connectivity index (χ3n) is 3.01. The maximum absolute atomic E-state index is 11.5. The molecular formula is C13H13N3O3. The lowest BCUT2D eigenvalue weighted by molar-refractivity contribution is -0.141. The van der Waals surface area contributed by atoms with E-state index in [0.717, 1.165) is 0 Å². The van der Waals surface area contributed by atoms with Gasteiger partial charge in [0.25, 0.3) is 0 Å². The Morgan fingerprint density at radius 1 is 1.47 bits per heavy atom. The Morgan fingerprint density at radius 2 is 2.21 bits per heavy atom. The van der Waals surface area contributed by atoms with Gasteiger partial charge in [-0.25, -0.2) is 4.79 Å². The molecule has 1 aromatic carbocycles. The zero-order valence-corrected chi connectivity index (χ0v) is 10.2. The number of nitrogens with one attached hydrogen (secondary N) is 1. The van der Waals surface area contributed by atoms with Crippen molar-refractivity contribution in [2.75, 3.05) is 18.0 Å². The minimum atomic E-state index is -1.07. The van der Waals surface area contributed by atoms with Crippen LogP contribution in [-0.2, 0) is 9.59 Å². The van der Waals surface area contributed by atoms with Crippen LogP contribution >= 0.6 is 0 Å². The molecule has 1 saturated heterocycles. The molecule has 2 N–H and O–H groups in total. The third-order valence-corrected chi connectivity index (χ3v) is 3.01. The van der Waals surface area contributed by atoms with Crippen molar-refractivity contribution >= 4 is 17.6 Å². The molecule has 1 unspecified atom stereocenters. The minimum Gasteiger partial charge on any atom is -0.480 e. The normalized spacial score (nSPS) is 19.2. The van der Waals surface area contributed by atoms with Gasteiger partial charge in [0.05, 0.1) is 11.3 Å². The Balaban J connectivity index is 2.30. The van der Waals surface area contributed by atoms with Crippen LogP contribution in [0.15, 0.2) is 24.3 Å². The molecule has 1 amide bonds. The van der Waals surface area contributed by atoms with Crippen molar-refractivity contribution in [2.24, 2.45) is 0 Å². The van der Waals surface area contributed by atoms with Crippen LogP contribution in [0.5, 0.6) is 0 Å². The van der Waals surface area contributed by atoms with Crippen LogP contribution < -0.4 is 10.2 Å². The molecule has 1 atom stereocenters. The van der Waals surface area contributed by atoms with Crippen LogP contribution in [0.3, 0.4) is 0 Å². The molecule has 0 radical (unpaired) electrons. The molecule has 0 bridgehead atoms. The van der Waals surface area contributed by atoms with Crippen molar-refractivity contribution in [1.82, 2.24) is 5.32 Å². The highest BCUT2D eigenvalue weighted by molar-refractivity contribution is 5.85. The number of amides is 1. The van der Waals surface area contributed by atoms with Gasteiger partial charge in [-0.05, 0) is 12.1 Å². The van der Waals surface area contributed by atoms with E-state index in [1.165, 1.54) is 0 Å².